The molecule has 0 aromatic heterocycles. The van der Waals surface area contributed by atoms with Gasteiger partial charge in [-0.3, -0.25) is 4.79 Å². The minimum absolute atomic E-state index is 0.0101. The van der Waals surface area contributed by atoms with E-state index in [0.29, 0.717) is 0 Å². The molecular weight excluding hydrogens is 188 g/mol. The topological polar surface area (TPSA) is 55.1 Å². The Morgan fingerprint density at radius 1 is 1.60 bits per heavy atom. The Morgan fingerprint density at radius 3 is 2.87 bits per heavy atom. The lowest BCUT2D eigenvalue weighted by atomic mass is 10.1. The largest absolute Gasteiger partial charge is 0.353 e. The fourth-order valence-corrected chi connectivity index (χ4v) is 1.85. The minimum Gasteiger partial charge on any atom is -0.353 e. The molecule has 1 amide bonds. The molecular formula is C12H22N2O. The Kier molecular flexibility index (Phi) is 4.82. The maximum atomic E-state index is 11.7. The second-order valence-corrected chi connectivity index (χ2v) is 4.44. The first-order valence-electron chi connectivity index (χ1n) is 5.87. The molecule has 3 atom stereocenters. The first-order valence-corrected chi connectivity index (χ1v) is 5.87. The van der Waals surface area contributed by atoms with Crippen molar-refractivity contribution in [3.8, 4) is 0 Å². The number of nitrogens with one attached hydrogen (secondary N) is 1. The molecule has 0 fully saturated rings. The summed E-state index contributed by atoms with van der Waals surface area (Å²) >= 11 is 0. The highest BCUT2D eigenvalue weighted by Gasteiger charge is 2.23. The van der Waals surface area contributed by atoms with Crippen molar-refractivity contribution in [2.45, 2.75) is 51.6 Å². The van der Waals surface area contributed by atoms with E-state index >= 15 is 0 Å². The number of carbonyl (C=O) groups excluding carboxylic acids is 1. The van der Waals surface area contributed by atoms with Gasteiger partial charge in [-0.05, 0) is 19.8 Å². The lowest BCUT2D eigenvalue weighted by molar-refractivity contribution is -0.124. The van der Waals surface area contributed by atoms with Gasteiger partial charge in [0.25, 0.3) is 0 Å². The number of unbranched alkanes of at least 4 members (excludes halogenated alkanes) is 1. The van der Waals surface area contributed by atoms with E-state index in [-0.39, 0.29) is 23.9 Å². The van der Waals surface area contributed by atoms with E-state index in [1.54, 1.807) is 0 Å². The predicted octanol–water partition coefficient (Wildman–Crippen LogP) is 1.58. The van der Waals surface area contributed by atoms with Crippen LogP contribution in [0.15, 0.2) is 12.2 Å². The zero-order valence-electron chi connectivity index (χ0n) is 9.70. The maximum Gasteiger partial charge on any atom is 0.227 e. The van der Waals surface area contributed by atoms with Crippen molar-refractivity contribution in [3.05, 3.63) is 12.2 Å². The van der Waals surface area contributed by atoms with Gasteiger partial charge in [0.1, 0.15) is 0 Å². The summed E-state index contributed by atoms with van der Waals surface area (Å²) in [4.78, 5) is 11.7. The predicted molar refractivity (Wildman–Crippen MR) is 62.4 cm³/mol. The molecule has 1 aliphatic rings. The van der Waals surface area contributed by atoms with Crippen LogP contribution in [-0.2, 0) is 4.79 Å². The fourth-order valence-electron chi connectivity index (χ4n) is 1.85. The van der Waals surface area contributed by atoms with Crippen LogP contribution in [0.2, 0.25) is 0 Å². The van der Waals surface area contributed by atoms with Crippen LogP contribution in [-0.4, -0.2) is 18.0 Å². The third-order valence-corrected chi connectivity index (χ3v) is 2.83. The average Bonchev–Trinajstić information content (AvgIpc) is 2.61. The van der Waals surface area contributed by atoms with Crippen molar-refractivity contribution in [3.63, 3.8) is 0 Å². The summed E-state index contributed by atoms with van der Waals surface area (Å²) in [7, 11) is 0. The minimum atomic E-state index is -0.0101. The molecule has 86 valence electrons. The summed E-state index contributed by atoms with van der Waals surface area (Å²) in [5, 5.41) is 3.03. The number of rotatable bonds is 5. The smallest absolute Gasteiger partial charge is 0.227 e. The molecule has 0 radical (unpaired) electrons. The van der Waals surface area contributed by atoms with Crippen LogP contribution in [0, 0.1) is 5.92 Å². The van der Waals surface area contributed by atoms with E-state index in [1.807, 2.05) is 12.2 Å². The van der Waals surface area contributed by atoms with Crippen molar-refractivity contribution in [2.24, 2.45) is 11.7 Å². The van der Waals surface area contributed by atoms with Crippen LogP contribution in [0.25, 0.3) is 0 Å². The Morgan fingerprint density at radius 2 is 2.33 bits per heavy atom. The quantitative estimate of drug-likeness (QED) is 0.677. The van der Waals surface area contributed by atoms with E-state index in [4.69, 9.17) is 5.73 Å². The zero-order valence-corrected chi connectivity index (χ0v) is 9.70. The van der Waals surface area contributed by atoms with Crippen LogP contribution in [0.3, 0.4) is 0 Å². The number of amides is 1. The van der Waals surface area contributed by atoms with Gasteiger partial charge in [0.05, 0.1) is 5.92 Å². The molecule has 0 saturated carbocycles. The summed E-state index contributed by atoms with van der Waals surface area (Å²) < 4.78 is 0. The first-order chi connectivity index (χ1) is 7.13. The van der Waals surface area contributed by atoms with E-state index in [0.717, 1.165) is 12.8 Å². The molecule has 0 aliphatic heterocycles. The van der Waals surface area contributed by atoms with E-state index < -0.39 is 0 Å². The van der Waals surface area contributed by atoms with Gasteiger partial charge in [-0.15, -0.1) is 0 Å². The molecule has 0 saturated heterocycles. The Balaban J connectivity index is 2.26. The van der Waals surface area contributed by atoms with Crippen LogP contribution in [0.5, 0.6) is 0 Å². The highest BCUT2D eigenvalue weighted by molar-refractivity contribution is 5.81. The molecule has 0 spiro atoms. The number of carbonyl (C=O) groups is 1. The van der Waals surface area contributed by atoms with Gasteiger partial charge < -0.3 is 11.1 Å². The Hall–Kier alpha value is -0.830. The van der Waals surface area contributed by atoms with E-state index in [1.165, 1.54) is 12.8 Å². The van der Waals surface area contributed by atoms with Crippen molar-refractivity contribution in [1.29, 1.82) is 0 Å². The maximum absolute atomic E-state index is 11.7. The molecule has 3 unspecified atom stereocenters. The van der Waals surface area contributed by atoms with Crippen molar-refractivity contribution in [1.82, 2.24) is 5.32 Å². The third-order valence-electron chi connectivity index (χ3n) is 2.83. The summed E-state index contributed by atoms with van der Waals surface area (Å²) in [6, 6.07) is 0.342. The molecule has 3 N–H and O–H groups in total. The summed E-state index contributed by atoms with van der Waals surface area (Å²) in [5.41, 5.74) is 5.71. The molecule has 0 aromatic rings. The molecule has 1 rings (SSSR count). The summed E-state index contributed by atoms with van der Waals surface area (Å²) in [6.07, 6.45) is 8.00. The molecule has 1 aliphatic carbocycles. The van der Waals surface area contributed by atoms with Crippen LogP contribution >= 0.6 is 0 Å². The Bertz CT molecular complexity index is 238. The molecule has 3 heteroatoms. The summed E-state index contributed by atoms with van der Waals surface area (Å²) in [6.45, 7) is 4.22. The van der Waals surface area contributed by atoms with Crippen molar-refractivity contribution in [2.75, 3.05) is 0 Å². The number of hydrogen-bond acceptors (Lipinski definition) is 2. The van der Waals surface area contributed by atoms with Crippen molar-refractivity contribution >= 4 is 5.91 Å². The average molecular weight is 210 g/mol. The van der Waals surface area contributed by atoms with Crippen LogP contribution < -0.4 is 11.1 Å². The molecule has 0 bridgehead atoms. The summed E-state index contributed by atoms with van der Waals surface area (Å²) in [5.74, 6) is 0.117. The van der Waals surface area contributed by atoms with Gasteiger partial charge in [0.15, 0.2) is 0 Å². The molecule has 0 aromatic carbocycles. The molecule has 0 heterocycles. The van der Waals surface area contributed by atoms with Gasteiger partial charge in [0.2, 0.25) is 5.91 Å². The second-order valence-electron chi connectivity index (χ2n) is 4.44. The van der Waals surface area contributed by atoms with Crippen LogP contribution in [0.4, 0.5) is 0 Å². The van der Waals surface area contributed by atoms with Crippen molar-refractivity contribution < 1.29 is 4.79 Å². The fraction of sp³-hybridized carbons (Fsp3) is 0.750. The standard InChI is InChI=1S/C12H22N2O/c1-3-4-5-9(2)14-12(15)10-6-7-11(13)8-10/h6-7,9-11H,3-5,8,13H2,1-2H3,(H,14,15). The Labute approximate surface area is 92.1 Å². The number of hydrogen-bond donors (Lipinski definition) is 2. The molecule has 3 nitrogen and oxygen atoms in total. The van der Waals surface area contributed by atoms with Gasteiger partial charge in [-0.2, -0.15) is 0 Å². The monoisotopic (exact) mass is 210 g/mol. The molecule has 15 heavy (non-hydrogen) atoms. The van der Waals surface area contributed by atoms with E-state index in [2.05, 4.69) is 19.2 Å². The van der Waals surface area contributed by atoms with Crippen LogP contribution in [0.1, 0.15) is 39.5 Å². The second kappa shape index (κ2) is 5.91. The zero-order chi connectivity index (χ0) is 11.3. The number of nitrogens with two attached hydrogens (primary N) is 1. The first kappa shape index (κ1) is 12.2. The normalized spacial score (nSPS) is 26.6. The van der Waals surface area contributed by atoms with Gasteiger partial charge in [-0.25, -0.2) is 0 Å². The van der Waals surface area contributed by atoms with Gasteiger partial charge in [-0.1, -0.05) is 31.9 Å². The van der Waals surface area contributed by atoms with Gasteiger partial charge in [0, 0.05) is 12.1 Å². The highest BCUT2D eigenvalue weighted by atomic mass is 16.1. The van der Waals surface area contributed by atoms with E-state index in [9.17, 15) is 4.79 Å². The van der Waals surface area contributed by atoms with Gasteiger partial charge >= 0.3 is 0 Å². The highest BCUT2D eigenvalue weighted by Crippen LogP contribution is 2.16. The lowest BCUT2D eigenvalue weighted by Crippen LogP contribution is -2.37. The SMILES string of the molecule is CCCCC(C)NC(=O)C1C=CC(N)C1. The lowest BCUT2D eigenvalue weighted by Gasteiger charge is -2.16. The third kappa shape index (κ3) is 4.04.